The summed E-state index contributed by atoms with van der Waals surface area (Å²) >= 11 is 1.42. The highest BCUT2D eigenvalue weighted by Gasteiger charge is 2.16. The molecular formula is C20H20N2O4S. The van der Waals surface area contributed by atoms with E-state index >= 15 is 0 Å². The lowest BCUT2D eigenvalue weighted by atomic mass is 10.2. The van der Waals surface area contributed by atoms with Crippen molar-refractivity contribution in [1.29, 1.82) is 0 Å². The number of hydrogen-bond donors (Lipinski definition) is 0. The molecule has 0 aliphatic heterocycles. The van der Waals surface area contributed by atoms with Gasteiger partial charge < -0.3 is 14.0 Å². The van der Waals surface area contributed by atoms with Crippen molar-refractivity contribution in [3.8, 4) is 5.75 Å². The maximum absolute atomic E-state index is 12.6. The first-order valence-corrected chi connectivity index (χ1v) is 9.53. The number of aromatic nitrogens is 2. The lowest BCUT2D eigenvalue weighted by Gasteiger charge is -2.11. The molecule has 0 fully saturated rings. The van der Waals surface area contributed by atoms with Crippen LogP contribution < -0.4 is 4.74 Å². The van der Waals surface area contributed by atoms with Crippen LogP contribution in [0.15, 0.2) is 58.2 Å². The molecule has 0 spiro atoms. The largest absolute Gasteiger partial charge is 0.493 e. The SMILES string of the molecule is CCOc1ccccc1COC(=O)c1cccnc1SCc1cc(C)on1. The second-order valence-corrected chi connectivity index (χ2v) is 6.65. The third-order valence-electron chi connectivity index (χ3n) is 3.66. The minimum absolute atomic E-state index is 0.135. The molecule has 0 amide bonds. The van der Waals surface area contributed by atoms with Crippen LogP contribution in [0.1, 0.15) is 34.3 Å². The number of esters is 1. The Kier molecular flexibility index (Phi) is 6.49. The van der Waals surface area contributed by atoms with Crippen molar-refractivity contribution in [3.63, 3.8) is 0 Å². The number of benzene rings is 1. The molecule has 3 aromatic rings. The van der Waals surface area contributed by atoms with Gasteiger partial charge in [0.1, 0.15) is 23.1 Å². The summed E-state index contributed by atoms with van der Waals surface area (Å²) in [6.45, 7) is 4.44. The van der Waals surface area contributed by atoms with Gasteiger partial charge in [-0.15, -0.1) is 0 Å². The van der Waals surface area contributed by atoms with E-state index in [1.54, 1.807) is 18.3 Å². The quantitative estimate of drug-likeness (QED) is 0.420. The van der Waals surface area contributed by atoms with Crippen LogP contribution in [-0.2, 0) is 17.1 Å². The minimum atomic E-state index is -0.423. The van der Waals surface area contributed by atoms with Crippen LogP contribution in [0.2, 0.25) is 0 Å². The number of carbonyl (C=O) groups excluding carboxylic acids is 1. The van der Waals surface area contributed by atoms with Crippen molar-refractivity contribution in [3.05, 3.63) is 71.2 Å². The smallest absolute Gasteiger partial charge is 0.341 e. The van der Waals surface area contributed by atoms with Crippen LogP contribution >= 0.6 is 11.8 Å². The Morgan fingerprint density at radius 1 is 1.22 bits per heavy atom. The minimum Gasteiger partial charge on any atom is -0.493 e. The lowest BCUT2D eigenvalue weighted by Crippen LogP contribution is -2.08. The van der Waals surface area contributed by atoms with Crippen LogP contribution in [-0.4, -0.2) is 22.7 Å². The van der Waals surface area contributed by atoms with E-state index in [-0.39, 0.29) is 6.61 Å². The second kappa shape index (κ2) is 9.23. The number of thioether (sulfide) groups is 1. The number of aryl methyl sites for hydroxylation is 1. The second-order valence-electron chi connectivity index (χ2n) is 5.69. The predicted octanol–water partition coefficient (Wildman–Crippen LogP) is 4.43. The molecule has 2 heterocycles. The number of carbonyl (C=O) groups is 1. The van der Waals surface area contributed by atoms with E-state index in [9.17, 15) is 4.79 Å². The molecule has 2 aromatic heterocycles. The number of hydrogen-bond acceptors (Lipinski definition) is 7. The first-order chi connectivity index (χ1) is 13.2. The fraction of sp³-hybridized carbons (Fsp3) is 0.250. The van der Waals surface area contributed by atoms with Gasteiger partial charge in [0.15, 0.2) is 0 Å². The molecular weight excluding hydrogens is 364 g/mol. The Morgan fingerprint density at radius 3 is 2.85 bits per heavy atom. The number of rotatable bonds is 8. The maximum atomic E-state index is 12.6. The third kappa shape index (κ3) is 5.10. The molecule has 0 bridgehead atoms. The summed E-state index contributed by atoms with van der Waals surface area (Å²) in [5.74, 6) is 1.60. The highest BCUT2D eigenvalue weighted by Crippen LogP contribution is 2.25. The summed E-state index contributed by atoms with van der Waals surface area (Å²) in [4.78, 5) is 16.9. The topological polar surface area (TPSA) is 74.5 Å². The van der Waals surface area contributed by atoms with E-state index in [1.807, 2.05) is 44.2 Å². The van der Waals surface area contributed by atoms with E-state index in [2.05, 4.69) is 10.1 Å². The normalized spacial score (nSPS) is 10.6. The van der Waals surface area contributed by atoms with Crippen molar-refractivity contribution < 1.29 is 18.8 Å². The van der Waals surface area contributed by atoms with Crippen molar-refractivity contribution in [2.75, 3.05) is 6.61 Å². The molecule has 0 saturated carbocycles. The fourth-order valence-corrected chi connectivity index (χ4v) is 3.29. The van der Waals surface area contributed by atoms with Crippen LogP contribution in [0.5, 0.6) is 5.75 Å². The van der Waals surface area contributed by atoms with Gasteiger partial charge in [-0.2, -0.15) is 0 Å². The predicted molar refractivity (Wildman–Crippen MR) is 102 cm³/mol. The van der Waals surface area contributed by atoms with Crippen molar-refractivity contribution in [2.45, 2.75) is 31.2 Å². The van der Waals surface area contributed by atoms with Gasteiger partial charge in [-0.3, -0.25) is 0 Å². The Morgan fingerprint density at radius 2 is 2.07 bits per heavy atom. The molecule has 7 heteroatoms. The first kappa shape index (κ1) is 19.0. The van der Waals surface area contributed by atoms with Crippen molar-refractivity contribution in [1.82, 2.24) is 10.1 Å². The molecule has 0 unspecified atom stereocenters. The van der Waals surface area contributed by atoms with Gasteiger partial charge in [-0.05, 0) is 32.0 Å². The number of pyridine rings is 1. The molecule has 0 N–H and O–H groups in total. The summed E-state index contributed by atoms with van der Waals surface area (Å²) in [5.41, 5.74) is 2.05. The first-order valence-electron chi connectivity index (χ1n) is 8.55. The monoisotopic (exact) mass is 384 g/mol. The lowest BCUT2D eigenvalue weighted by molar-refractivity contribution is 0.0464. The summed E-state index contributed by atoms with van der Waals surface area (Å²) in [5, 5.41) is 4.55. The Hall–Kier alpha value is -2.80. The molecule has 140 valence electrons. The number of ether oxygens (including phenoxy) is 2. The van der Waals surface area contributed by atoms with Gasteiger partial charge in [0.25, 0.3) is 0 Å². The molecule has 0 saturated heterocycles. The van der Waals surface area contributed by atoms with Gasteiger partial charge in [0, 0.05) is 23.6 Å². The van der Waals surface area contributed by atoms with Gasteiger partial charge in [-0.1, -0.05) is 35.1 Å². The average Bonchev–Trinajstić information content (AvgIpc) is 3.11. The highest BCUT2D eigenvalue weighted by molar-refractivity contribution is 7.98. The zero-order valence-electron chi connectivity index (χ0n) is 15.2. The molecule has 27 heavy (non-hydrogen) atoms. The Bertz CT molecular complexity index is 910. The van der Waals surface area contributed by atoms with Gasteiger partial charge >= 0.3 is 5.97 Å². The van der Waals surface area contributed by atoms with Crippen LogP contribution in [0.4, 0.5) is 0 Å². The standard InChI is InChI=1S/C20H20N2O4S/c1-3-24-18-9-5-4-7-15(18)12-25-20(23)17-8-6-10-21-19(17)27-13-16-11-14(2)26-22-16/h4-11H,3,12-13H2,1-2H3. The number of para-hydroxylation sites is 1. The molecule has 0 aliphatic rings. The summed E-state index contributed by atoms with van der Waals surface area (Å²) < 4.78 is 16.1. The van der Waals surface area contributed by atoms with E-state index in [0.29, 0.717) is 22.9 Å². The van der Waals surface area contributed by atoms with Gasteiger partial charge in [0.2, 0.25) is 0 Å². The van der Waals surface area contributed by atoms with Gasteiger partial charge in [-0.25, -0.2) is 9.78 Å². The van der Waals surface area contributed by atoms with E-state index in [0.717, 1.165) is 22.8 Å². The zero-order chi connectivity index (χ0) is 19.1. The van der Waals surface area contributed by atoms with Crippen molar-refractivity contribution >= 4 is 17.7 Å². The van der Waals surface area contributed by atoms with Crippen LogP contribution in [0.3, 0.4) is 0 Å². The Labute approximate surface area is 161 Å². The molecule has 3 rings (SSSR count). The van der Waals surface area contributed by atoms with E-state index in [4.69, 9.17) is 14.0 Å². The molecule has 1 aromatic carbocycles. The average molecular weight is 384 g/mol. The Balaban J connectivity index is 1.66. The van der Waals surface area contributed by atoms with Crippen LogP contribution in [0.25, 0.3) is 0 Å². The fourth-order valence-electron chi connectivity index (χ4n) is 2.43. The maximum Gasteiger partial charge on any atom is 0.341 e. The van der Waals surface area contributed by atoms with E-state index in [1.165, 1.54) is 11.8 Å². The molecule has 0 aliphatic carbocycles. The van der Waals surface area contributed by atoms with Crippen LogP contribution in [0, 0.1) is 6.92 Å². The zero-order valence-corrected chi connectivity index (χ0v) is 16.0. The highest BCUT2D eigenvalue weighted by atomic mass is 32.2. The summed E-state index contributed by atoms with van der Waals surface area (Å²) in [6, 6.07) is 12.8. The third-order valence-corrected chi connectivity index (χ3v) is 4.69. The molecule has 6 nitrogen and oxygen atoms in total. The van der Waals surface area contributed by atoms with Crippen molar-refractivity contribution in [2.24, 2.45) is 0 Å². The van der Waals surface area contributed by atoms with E-state index < -0.39 is 5.97 Å². The summed E-state index contributed by atoms with van der Waals surface area (Å²) in [7, 11) is 0. The molecule has 0 atom stereocenters. The summed E-state index contributed by atoms with van der Waals surface area (Å²) in [6.07, 6.45) is 1.65. The van der Waals surface area contributed by atoms with Gasteiger partial charge in [0.05, 0.1) is 17.9 Å². The number of nitrogens with zero attached hydrogens (tertiary/aromatic N) is 2. The molecule has 0 radical (unpaired) electrons.